The Morgan fingerprint density at radius 1 is 1.08 bits per heavy atom. The number of benzene rings is 2. The van der Waals surface area contributed by atoms with Crippen LogP contribution in [0.3, 0.4) is 0 Å². The second-order valence-electron chi connectivity index (χ2n) is 11.3. The predicted molar refractivity (Wildman–Crippen MR) is 147 cm³/mol. The first-order chi connectivity index (χ1) is 19.0. The highest BCUT2D eigenvalue weighted by molar-refractivity contribution is 5.85. The predicted octanol–water partition coefficient (Wildman–Crippen LogP) is 5.79. The first-order valence-corrected chi connectivity index (χ1v) is 14.0. The van der Waals surface area contributed by atoms with Crippen LogP contribution in [0.2, 0.25) is 0 Å². The van der Waals surface area contributed by atoms with Crippen LogP contribution in [0, 0.1) is 11.8 Å². The number of carboxylic acids is 1. The molecule has 4 fully saturated rings. The lowest BCUT2D eigenvalue weighted by atomic mass is 9.46. The van der Waals surface area contributed by atoms with Crippen molar-refractivity contribution in [2.75, 3.05) is 13.2 Å². The van der Waals surface area contributed by atoms with Crippen molar-refractivity contribution in [3.63, 3.8) is 0 Å². The summed E-state index contributed by atoms with van der Waals surface area (Å²) < 4.78 is 11.8. The van der Waals surface area contributed by atoms with Gasteiger partial charge >= 0.3 is 5.97 Å². The average molecular weight is 530 g/mol. The zero-order valence-corrected chi connectivity index (χ0v) is 22.1. The van der Waals surface area contributed by atoms with E-state index in [1.165, 1.54) is 12.0 Å². The van der Waals surface area contributed by atoms with Crippen LogP contribution in [0.1, 0.15) is 62.5 Å². The zero-order chi connectivity index (χ0) is 26.8. The van der Waals surface area contributed by atoms with Gasteiger partial charge in [0.15, 0.2) is 6.29 Å². The van der Waals surface area contributed by atoms with Gasteiger partial charge in [0.2, 0.25) is 5.91 Å². The maximum absolute atomic E-state index is 12.4. The summed E-state index contributed by atoms with van der Waals surface area (Å²) in [6.45, 7) is 0.927. The molecular weight excluding hydrogens is 494 g/mol. The maximum atomic E-state index is 12.4. The summed E-state index contributed by atoms with van der Waals surface area (Å²) >= 11 is 0. The quantitative estimate of drug-likeness (QED) is 0.230. The molecule has 39 heavy (non-hydrogen) atoms. The number of rotatable bonds is 10. The van der Waals surface area contributed by atoms with E-state index in [9.17, 15) is 9.59 Å². The molecule has 0 spiro atoms. The standard InChI is InChI=1S/C32H35NO6/c34-29(33-39-31-3-1-2-15-38-31)13-16-37-28-10-9-23(22-7-4-21(5-8-22)6-11-30(35)36)18-27(28)32-14-12-26-24(19-32)17-25(26)20-32/h4-12,18,24-25,31H,1-3,13-17,19-20H2,(H,33,34)(H,35,36)/b11-6+. The van der Waals surface area contributed by atoms with E-state index in [4.69, 9.17) is 19.4 Å². The first kappa shape index (κ1) is 25.8. The molecule has 3 atom stereocenters. The summed E-state index contributed by atoms with van der Waals surface area (Å²) in [5.41, 5.74) is 8.49. The van der Waals surface area contributed by atoms with Crippen molar-refractivity contribution in [1.82, 2.24) is 5.48 Å². The van der Waals surface area contributed by atoms with Gasteiger partial charge in [-0.15, -0.1) is 0 Å². The summed E-state index contributed by atoms with van der Waals surface area (Å²) in [5.74, 6) is 1.06. The molecule has 5 aliphatic carbocycles. The van der Waals surface area contributed by atoms with Gasteiger partial charge in [-0.25, -0.2) is 15.1 Å². The van der Waals surface area contributed by atoms with E-state index >= 15 is 0 Å². The normalized spacial score (nSPS) is 27.1. The SMILES string of the molecule is O=C(O)/C=C/c1ccc(-c2ccc(OCCC(=O)NOC3CCCCO3)c(C34CC=C5C(CC5C3)C4)c2)cc1. The molecule has 4 bridgehead atoms. The highest BCUT2D eigenvalue weighted by Crippen LogP contribution is 2.64. The van der Waals surface area contributed by atoms with E-state index < -0.39 is 5.97 Å². The summed E-state index contributed by atoms with van der Waals surface area (Å²) in [7, 11) is 0. The van der Waals surface area contributed by atoms with Gasteiger partial charge in [-0.1, -0.05) is 42.0 Å². The fourth-order valence-electron chi connectivity index (χ4n) is 6.80. The molecule has 0 aromatic heterocycles. The Kier molecular flexibility index (Phi) is 7.28. The Bertz CT molecular complexity index is 1280. The number of nitrogens with one attached hydrogen (secondary N) is 1. The van der Waals surface area contributed by atoms with Gasteiger partial charge in [0, 0.05) is 30.1 Å². The van der Waals surface area contributed by atoms with Gasteiger partial charge < -0.3 is 14.6 Å². The van der Waals surface area contributed by atoms with Crippen LogP contribution in [0.15, 0.2) is 60.2 Å². The van der Waals surface area contributed by atoms with Crippen LogP contribution in [-0.2, 0) is 24.6 Å². The maximum Gasteiger partial charge on any atom is 0.328 e. The molecule has 1 heterocycles. The van der Waals surface area contributed by atoms with Gasteiger partial charge in [-0.05, 0) is 85.3 Å². The van der Waals surface area contributed by atoms with Crippen LogP contribution in [0.5, 0.6) is 5.75 Å². The van der Waals surface area contributed by atoms with E-state index in [2.05, 4.69) is 23.7 Å². The lowest BCUT2D eigenvalue weighted by Gasteiger charge is -2.58. The Balaban J connectivity index is 1.18. The van der Waals surface area contributed by atoms with E-state index in [1.807, 2.05) is 30.3 Å². The van der Waals surface area contributed by atoms with Gasteiger partial charge in [-0.3, -0.25) is 4.79 Å². The number of carboxylic acid groups (broad SMARTS) is 1. The van der Waals surface area contributed by atoms with Gasteiger partial charge in [0.25, 0.3) is 0 Å². The Hall–Kier alpha value is -3.42. The minimum absolute atomic E-state index is 0.0640. The molecule has 1 saturated heterocycles. The highest BCUT2D eigenvalue weighted by atomic mass is 16.8. The highest BCUT2D eigenvalue weighted by Gasteiger charge is 2.54. The van der Waals surface area contributed by atoms with Crippen molar-refractivity contribution in [3.05, 3.63) is 71.3 Å². The fourth-order valence-corrected chi connectivity index (χ4v) is 6.80. The molecule has 2 aromatic rings. The number of ether oxygens (including phenoxy) is 2. The molecule has 0 radical (unpaired) electrons. The largest absolute Gasteiger partial charge is 0.493 e. The van der Waals surface area contributed by atoms with Gasteiger partial charge in [0.1, 0.15) is 5.75 Å². The second-order valence-corrected chi connectivity index (χ2v) is 11.3. The van der Waals surface area contributed by atoms with Crippen molar-refractivity contribution in [2.45, 2.75) is 63.1 Å². The molecule has 7 nitrogen and oxygen atoms in total. The molecule has 6 aliphatic rings. The van der Waals surface area contributed by atoms with Gasteiger partial charge in [0.05, 0.1) is 13.0 Å². The lowest BCUT2D eigenvalue weighted by molar-refractivity contribution is -0.200. The lowest BCUT2D eigenvalue weighted by Crippen LogP contribution is -2.49. The molecule has 1 aliphatic heterocycles. The van der Waals surface area contributed by atoms with Crippen molar-refractivity contribution in [2.24, 2.45) is 11.8 Å². The smallest absolute Gasteiger partial charge is 0.328 e. The number of aliphatic carboxylic acids is 1. The van der Waals surface area contributed by atoms with Crippen LogP contribution < -0.4 is 10.2 Å². The van der Waals surface area contributed by atoms with E-state index in [0.29, 0.717) is 18.4 Å². The molecule has 7 heteroatoms. The number of amides is 1. The minimum Gasteiger partial charge on any atom is -0.493 e. The van der Waals surface area contributed by atoms with E-state index in [1.54, 1.807) is 11.6 Å². The average Bonchev–Trinajstić information content (AvgIpc) is 2.96. The summed E-state index contributed by atoms with van der Waals surface area (Å²) in [4.78, 5) is 28.6. The van der Waals surface area contributed by atoms with Gasteiger partial charge in [-0.2, -0.15) is 0 Å². The molecule has 2 aromatic carbocycles. The zero-order valence-electron chi connectivity index (χ0n) is 22.1. The Morgan fingerprint density at radius 3 is 2.59 bits per heavy atom. The number of hydrogen-bond acceptors (Lipinski definition) is 5. The molecular formula is C32H35NO6. The number of hydrogen-bond donors (Lipinski definition) is 2. The molecule has 3 unspecified atom stereocenters. The molecule has 3 saturated carbocycles. The number of hydroxylamine groups is 1. The van der Waals surface area contributed by atoms with Crippen molar-refractivity contribution in [1.29, 1.82) is 0 Å². The molecule has 8 rings (SSSR count). The summed E-state index contributed by atoms with van der Waals surface area (Å²) in [6.07, 6.45) is 12.5. The number of fused-ring (bicyclic) bond motifs is 1. The molecule has 2 N–H and O–H groups in total. The van der Waals surface area contributed by atoms with E-state index in [-0.39, 0.29) is 30.6 Å². The van der Waals surface area contributed by atoms with Crippen molar-refractivity contribution >= 4 is 18.0 Å². The number of allylic oxidation sites excluding steroid dienone is 2. The molecule has 1 amide bonds. The second kappa shape index (κ2) is 11.0. The van der Waals surface area contributed by atoms with Crippen molar-refractivity contribution < 1.29 is 29.0 Å². The Morgan fingerprint density at radius 2 is 1.87 bits per heavy atom. The fraction of sp³-hybridized carbons (Fsp3) is 0.438. The van der Waals surface area contributed by atoms with Crippen LogP contribution in [-0.4, -0.2) is 36.5 Å². The minimum atomic E-state index is -0.961. The Labute approximate surface area is 228 Å². The summed E-state index contributed by atoms with van der Waals surface area (Å²) in [6, 6.07) is 14.3. The van der Waals surface area contributed by atoms with Crippen LogP contribution in [0.4, 0.5) is 0 Å². The monoisotopic (exact) mass is 529 g/mol. The van der Waals surface area contributed by atoms with E-state index in [0.717, 1.165) is 67.0 Å². The number of carbonyl (C=O) groups excluding carboxylic acids is 1. The first-order valence-electron chi connectivity index (χ1n) is 14.0. The third-order valence-electron chi connectivity index (χ3n) is 8.76. The molecule has 204 valence electrons. The topological polar surface area (TPSA) is 94.1 Å². The van der Waals surface area contributed by atoms with Crippen LogP contribution in [0.25, 0.3) is 17.2 Å². The van der Waals surface area contributed by atoms with Crippen LogP contribution >= 0.6 is 0 Å². The number of carbonyl (C=O) groups is 2. The third kappa shape index (κ3) is 5.52. The van der Waals surface area contributed by atoms with Crippen molar-refractivity contribution in [3.8, 4) is 16.9 Å². The third-order valence-corrected chi connectivity index (χ3v) is 8.76. The summed E-state index contributed by atoms with van der Waals surface area (Å²) in [5, 5.41) is 8.90.